The molecule has 0 bridgehead atoms. The highest BCUT2D eigenvalue weighted by Crippen LogP contribution is 2.18. The van der Waals surface area contributed by atoms with Gasteiger partial charge in [0.05, 0.1) is 12.2 Å². The molecule has 1 aliphatic carbocycles. The SMILES string of the molecule is O=C(CNC1CC1)NCc1ccccc1-n1cccn1. The Morgan fingerprint density at radius 3 is 2.90 bits per heavy atom. The standard InChI is InChI=1S/C15H18N4O/c20-15(11-16-13-6-7-13)17-10-12-4-1-2-5-14(12)19-9-3-8-18-19/h1-5,8-9,13,16H,6-7,10-11H2,(H,17,20). The molecular formula is C15H18N4O. The van der Waals surface area contributed by atoms with Crippen molar-refractivity contribution in [1.82, 2.24) is 20.4 Å². The van der Waals surface area contributed by atoms with Gasteiger partial charge in [-0.2, -0.15) is 5.10 Å². The van der Waals surface area contributed by atoms with E-state index in [1.165, 1.54) is 12.8 Å². The van der Waals surface area contributed by atoms with Gasteiger partial charge < -0.3 is 10.6 Å². The molecule has 2 N–H and O–H groups in total. The first kappa shape index (κ1) is 12.9. The summed E-state index contributed by atoms with van der Waals surface area (Å²) in [4.78, 5) is 11.8. The first-order chi connectivity index (χ1) is 9.83. The van der Waals surface area contributed by atoms with Gasteiger partial charge in [-0.25, -0.2) is 4.68 Å². The molecule has 1 saturated carbocycles. The Hall–Kier alpha value is -2.14. The molecular weight excluding hydrogens is 252 g/mol. The molecule has 1 aromatic carbocycles. The lowest BCUT2D eigenvalue weighted by Gasteiger charge is -2.11. The molecule has 1 aliphatic rings. The molecule has 5 nitrogen and oxygen atoms in total. The van der Waals surface area contributed by atoms with Crippen LogP contribution in [0.15, 0.2) is 42.7 Å². The van der Waals surface area contributed by atoms with E-state index in [0.717, 1.165) is 11.3 Å². The minimum atomic E-state index is 0.0344. The summed E-state index contributed by atoms with van der Waals surface area (Å²) < 4.78 is 1.81. The molecule has 0 saturated heterocycles. The highest BCUT2D eigenvalue weighted by molar-refractivity contribution is 5.78. The summed E-state index contributed by atoms with van der Waals surface area (Å²) in [6.07, 6.45) is 6.02. The van der Waals surface area contributed by atoms with Gasteiger partial charge in [0, 0.05) is 25.0 Å². The molecule has 2 aromatic rings. The number of rotatable bonds is 6. The topological polar surface area (TPSA) is 59.0 Å². The zero-order chi connectivity index (χ0) is 13.8. The number of carbonyl (C=O) groups excluding carboxylic acids is 1. The Labute approximate surface area is 118 Å². The normalized spacial score (nSPS) is 14.2. The van der Waals surface area contributed by atoms with Crippen LogP contribution in [0.2, 0.25) is 0 Å². The fraction of sp³-hybridized carbons (Fsp3) is 0.333. The minimum Gasteiger partial charge on any atom is -0.351 e. The average molecular weight is 270 g/mol. The van der Waals surface area contributed by atoms with Crippen molar-refractivity contribution in [3.63, 3.8) is 0 Å². The van der Waals surface area contributed by atoms with Crippen molar-refractivity contribution in [3.05, 3.63) is 48.3 Å². The molecule has 1 aromatic heterocycles. The van der Waals surface area contributed by atoms with E-state index in [-0.39, 0.29) is 5.91 Å². The second-order valence-electron chi connectivity index (χ2n) is 5.01. The van der Waals surface area contributed by atoms with Gasteiger partial charge in [-0.15, -0.1) is 0 Å². The summed E-state index contributed by atoms with van der Waals surface area (Å²) in [6, 6.07) is 10.4. The van der Waals surface area contributed by atoms with Crippen molar-refractivity contribution in [1.29, 1.82) is 0 Å². The molecule has 1 fully saturated rings. The van der Waals surface area contributed by atoms with Gasteiger partial charge in [-0.3, -0.25) is 4.79 Å². The number of hydrogen-bond donors (Lipinski definition) is 2. The van der Waals surface area contributed by atoms with Gasteiger partial charge in [-0.1, -0.05) is 18.2 Å². The van der Waals surface area contributed by atoms with Crippen LogP contribution in [0.5, 0.6) is 0 Å². The molecule has 1 heterocycles. The molecule has 3 rings (SSSR count). The average Bonchev–Trinajstić information content (AvgIpc) is 3.15. The van der Waals surface area contributed by atoms with Crippen molar-refractivity contribution < 1.29 is 4.79 Å². The summed E-state index contributed by atoms with van der Waals surface area (Å²) in [5.74, 6) is 0.0344. The summed E-state index contributed by atoms with van der Waals surface area (Å²) >= 11 is 0. The maximum atomic E-state index is 11.8. The summed E-state index contributed by atoms with van der Waals surface area (Å²) in [6.45, 7) is 0.913. The maximum absolute atomic E-state index is 11.8. The Kier molecular flexibility index (Phi) is 3.78. The second kappa shape index (κ2) is 5.88. The molecule has 104 valence electrons. The molecule has 0 atom stereocenters. The third-order valence-electron chi connectivity index (χ3n) is 3.35. The number of para-hydroxylation sites is 1. The molecule has 5 heteroatoms. The van der Waals surface area contributed by atoms with E-state index in [1.54, 1.807) is 6.20 Å². The molecule has 0 unspecified atom stereocenters. The van der Waals surface area contributed by atoms with Crippen LogP contribution in [-0.2, 0) is 11.3 Å². The summed E-state index contributed by atoms with van der Waals surface area (Å²) in [5, 5.41) is 10.4. The highest BCUT2D eigenvalue weighted by atomic mass is 16.1. The van der Waals surface area contributed by atoms with Gasteiger partial charge >= 0.3 is 0 Å². The van der Waals surface area contributed by atoms with Crippen LogP contribution in [0.1, 0.15) is 18.4 Å². The van der Waals surface area contributed by atoms with Crippen molar-refractivity contribution in [2.75, 3.05) is 6.54 Å². The summed E-state index contributed by atoms with van der Waals surface area (Å²) in [7, 11) is 0. The Balaban J connectivity index is 1.60. The predicted molar refractivity (Wildman–Crippen MR) is 76.4 cm³/mol. The quantitative estimate of drug-likeness (QED) is 0.830. The third-order valence-corrected chi connectivity index (χ3v) is 3.35. The zero-order valence-corrected chi connectivity index (χ0v) is 11.2. The van der Waals surface area contributed by atoms with Crippen molar-refractivity contribution in [3.8, 4) is 5.69 Å². The fourth-order valence-electron chi connectivity index (χ4n) is 2.08. The van der Waals surface area contributed by atoms with Crippen molar-refractivity contribution in [2.24, 2.45) is 0 Å². The van der Waals surface area contributed by atoms with Crippen LogP contribution in [0.3, 0.4) is 0 Å². The van der Waals surface area contributed by atoms with Crippen LogP contribution in [-0.4, -0.2) is 28.3 Å². The van der Waals surface area contributed by atoms with Gasteiger partial charge in [0.2, 0.25) is 5.91 Å². The van der Waals surface area contributed by atoms with Crippen LogP contribution in [0.4, 0.5) is 0 Å². The molecule has 0 spiro atoms. The van der Waals surface area contributed by atoms with Crippen LogP contribution in [0.25, 0.3) is 5.69 Å². The number of aromatic nitrogens is 2. The van der Waals surface area contributed by atoms with Crippen LogP contribution < -0.4 is 10.6 Å². The number of carbonyl (C=O) groups is 1. The Morgan fingerprint density at radius 1 is 1.30 bits per heavy atom. The molecule has 1 amide bonds. The number of amides is 1. The van der Waals surface area contributed by atoms with Gasteiger partial charge in [0.25, 0.3) is 0 Å². The van der Waals surface area contributed by atoms with Crippen LogP contribution >= 0.6 is 0 Å². The highest BCUT2D eigenvalue weighted by Gasteiger charge is 2.21. The van der Waals surface area contributed by atoms with Gasteiger partial charge in [0.1, 0.15) is 0 Å². The number of hydrogen-bond acceptors (Lipinski definition) is 3. The van der Waals surface area contributed by atoms with Gasteiger partial charge in [-0.05, 0) is 30.5 Å². The first-order valence-electron chi connectivity index (χ1n) is 6.91. The number of benzene rings is 1. The smallest absolute Gasteiger partial charge is 0.234 e. The number of nitrogens with one attached hydrogen (secondary N) is 2. The first-order valence-corrected chi connectivity index (χ1v) is 6.91. The minimum absolute atomic E-state index is 0.0344. The van der Waals surface area contributed by atoms with E-state index in [4.69, 9.17) is 0 Å². The predicted octanol–water partition coefficient (Wildman–Crippen LogP) is 1.24. The van der Waals surface area contributed by atoms with E-state index < -0.39 is 0 Å². The lowest BCUT2D eigenvalue weighted by molar-refractivity contribution is -0.120. The summed E-state index contributed by atoms with van der Waals surface area (Å²) in [5.41, 5.74) is 2.05. The van der Waals surface area contributed by atoms with E-state index in [9.17, 15) is 4.79 Å². The van der Waals surface area contributed by atoms with Crippen molar-refractivity contribution in [2.45, 2.75) is 25.4 Å². The largest absolute Gasteiger partial charge is 0.351 e. The lowest BCUT2D eigenvalue weighted by atomic mass is 10.2. The van der Waals surface area contributed by atoms with Gasteiger partial charge in [0.15, 0.2) is 0 Å². The zero-order valence-electron chi connectivity index (χ0n) is 11.2. The monoisotopic (exact) mass is 270 g/mol. The number of nitrogens with zero attached hydrogens (tertiary/aromatic N) is 2. The molecule has 20 heavy (non-hydrogen) atoms. The second-order valence-corrected chi connectivity index (χ2v) is 5.01. The maximum Gasteiger partial charge on any atom is 0.234 e. The fourth-order valence-corrected chi connectivity index (χ4v) is 2.08. The Morgan fingerprint density at radius 2 is 2.15 bits per heavy atom. The van der Waals surface area contributed by atoms with E-state index in [1.807, 2.05) is 41.2 Å². The van der Waals surface area contributed by atoms with Crippen molar-refractivity contribution >= 4 is 5.91 Å². The van der Waals surface area contributed by atoms with E-state index >= 15 is 0 Å². The lowest BCUT2D eigenvalue weighted by Crippen LogP contribution is -2.34. The van der Waals surface area contributed by atoms with Crippen LogP contribution in [0, 0.1) is 0 Å². The van der Waals surface area contributed by atoms with E-state index in [0.29, 0.717) is 19.1 Å². The van der Waals surface area contributed by atoms with E-state index in [2.05, 4.69) is 15.7 Å². The molecule has 0 aliphatic heterocycles. The Bertz CT molecular complexity index is 575. The molecule has 0 radical (unpaired) electrons. The third kappa shape index (κ3) is 3.24.